The fraction of sp³-hybridized carbons (Fsp3) is 0.917. The van der Waals surface area contributed by atoms with Gasteiger partial charge in [-0.05, 0) is 26.7 Å². The lowest BCUT2D eigenvalue weighted by molar-refractivity contribution is -0.121. The molecule has 2 rings (SSSR count). The van der Waals surface area contributed by atoms with E-state index in [9.17, 15) is 4.79 Å². The van der Waals surface area contributed by atoms with Gasteiger partial charge in [-0.15, -0.1) is 0 Å². The molecule has 86 valence electrons. The van der Waals surface area contributed by atoms with Crippen LogP contribution in [0.1, 0.15) is 39.5 Å². The average molecular weight is 227 g/mol. The maximum atomic E-state index is 11.2. The maximum absolute atomic E-state index is 11.2. The monoisotopic (exact) mass is 227 g/mol. The van der Waals surface area contributed by atoms with E-state index < -0.39 is 0 Å². The minimum absolute atomic E-state index is 0.402. The number of rotatable bonds is 1. The average Bonchev–Trinajstić information content (AvgIpc) is 2.17. The molecule has 0 spiro atoms. The van der Waals surface area contributed by atoms with Gasteiger partial charge in [0, 0.05) is 42.5 Å². The van der Waals surface area contributed by atoms with Crippen LogP contribution < -0.4 is 0 Å². The van der Waals surface area contributed by atoms with Gasteiger partial charge < -0.3 is 0 Å². The minimum Gasteiger partial charge on any atom is -0.300 e. The zero-order chi connectivity index (χ0) is 10.9. The molecule has 0 aromatic rings. The molecular weight excluding hydrogens is 206 g/mol. The molecule has 1 aliphatic carbocycles. The normalized spacial score (nSPS) is 29.3. The van der Waals surface area contributed by atoms with Crippen LogP contribution in [0.15, 0.2) is 0 Å². The minimum atomic E-state index is 0.402. The Morgan fingerprint density at radius 3 is 2.60 bits per heavy atom. The Kier molecular flexibility index (Phi) is 3.41. The van der Waals surface area contributed by atoms with Gasteiger partial charge in [-0.2, -0.15) is 11.8 Å². The van der Waals surface area contributed by atoms with Crippen molar-refractivity contribution in [1.29, 1.82) is 0 Å². The van der Waals surface area contributed by atoms with Crippen LogP contribution in [-0.2, 0) is 4.79 Å². The summed E-state index contributed by atoms with van der Waals surface area (Å²) in [6.45, 7) is 7.07. The first kappa shape index (κ1) is 11.5. The molecule has 0 amide bonds. The first-order valence-electron chi connectivity index (χ1n) is 5.96. The smallest absolute Gasteiger partial charge is 0.133 e. The van der Waals surface area contributed by atoms with Gasteiger partial charge in [0.25, 0.3) is 0 Å². The van der Waals surface area contributed by atoms with Crippen molar-refractivity contribution in [2.45, 2.75) is 50.3 Å². The quantitative estimate of drug-likeness (QED) is 0.686. The summed E-state index contributed by atoms with van der Waals surface area (Å²) in [5.41, 5.74) is 0. The number of Topliss-reactive ketones (excluding diaryl/α,β-unsaturated/α-hetero) is 1. The lowest BCUT2D eigenvalue weighted by Gasteiger charge is -2.43. The van der Waals surface area contributed by atoms with Crippen molar-refractivity contribution >= 4 is 17.5 Å². The van der Waals surface area contributed by atoms with Crippen molar-refractivity contribution in [2.24, 2.45) is 0 Å². The lowest BCUT2D eigenvalue weighted by Crippen LogP contribution is -2.49. The molecule has 3 heteroatoms. The number of carbonyl (C=O) groups excluding carboxylic acids is 1. The second kappa shape index (κ2) is 4.46. The Labute approximate surface area is 96.8 Å². The highest BCUT2D eigenvalue weighted by Crippen LogP contribution is 2.32. The molecule has 1 saturated heterocycles. The number of ketones is 1. The van der Waals surface area contributed by atoms with Gasteiger partial charge in [-0.1, -0.05) is 0 Å². The standard InChI is InChI=1S/C12H21NOS/c1-12(2)9-13(7-8-15-12)10-3-5-11(14)6-4-10/h10H,3-9H2,1-2H3. The van der Waals surface area contributed by atoms with E-state index in [1.54, 1.807) is 0 Å². The van der Waals surface area contributed by atoms with Crippen LogP contribution in [0.3, 0.4) is 0 Å². The zero-order valence-corrected chi connectivity index (χ0v) is 10.6. The molecule has 0 unspecified atom stereocenters. The van der Waals surface area contributed by atoms with E-state index in [4.69, 9.17) is 0 Å². The SMILES string of the molecule is CC1(C)CN(C2CCC(=O)CC2)CCS1. The maximum Gasteiger partial charge on any atom is 0.133 e. The predicted octanol–water partition coefficient (Wildman–Crippen LogP) is 2.33. The van der Waals surface area contributed by atoms with E-state index >= 15 is 0 Å². The van der Waals surface area contributed by atoms with E-state index in [2.05, 4.69) is 30.5 Å². The second-order valence-electron chi connectivity index (χ2n) is 5.35. The number of carbonyl (C=O) groups is 1. The van der Waals surface area contributed by atoms with Gasteiger partial charge in [-0.25, -0.2) is 0 Å². The Hall–Kier alpha value is -0.0200. The topological polar surface area (TPSA) is 20.3 Å². The van der Waals surface area contributed by atoms with Crippen LogP contribution in [0.4, 0.5) is 0 Å². The van der Waals surface area contributed by atoms with Crippen LogP contribution in [0, 0.1) is 0 Å². The van der Waals surface area contributed by atoms with Crippen molar-refractivity contribution in [2.75, 3.05) is 18.8 Å². The summed E-state index contributed by atoms with van der Waals surface area (Å²) in [7, 11) is 0. The third-order valence-corrected chi connectivity index (χ3v) is 4.78. The van der Waals surface area contributed by atoms with Gasteiger partial charge >= 0.3 is 0 Å². The molecule has 0 radical (unpaired) electrons. The molecule has 1 saturated carbocycles. The number of hydrogen-bond donors (Lipinski definition) is 0. The summed E-state index contributed by atoms with van der Waals surface area (Å²) in [4.78, 5) is 13.8. The predicted molar refractivity (Wildman–Crippen MR) is 65.4 cm³/mol. The van der Waals surface area contributed by atoms with E-state index in [0.717, 1.165) is 25.7 Å². The van der Waals surface area contributed by atoms with E-state index in [0.29, 0.717) is 16.6 Å². The third-order valence-electron chi connectivity index (χ3n) is 3.48. The van der Waals surface area contributed by atoms with Crippen LogP contribution in [0.25, 0.3) is 0 Å². The fourth-order valence-corrected chi connectivity index (χ4v) is 3.79. The van der Waals surface area contributed by atoms with E-state index in [-0.39, 0.29) is 0 Å². The van der Waals surface area contributed by atoms with E-state index in [1.807, 2.05) is 0 Å². The van der Waals surface area contributed by atoms with Gasteiger partial charge in [0.2, 0.25) is 0 Å². The lowest BCUT2D eigenvalue weighted by atomic mass is 9.92. The Morgan fingerprint density at radius 2 is 2.00 bits per heavy atom. The molecular formula is C12H21NOS. The van der Waals surface area contributed by atoms with Gasteiger partial charge in [-0.3, -0.25) is 9.69 Å². The molecule has 1 aliphatic heterocycles. The van der Waals surface area contributed by atoms with Crippen LogP contribution >= 0.6 is 11.8 Å². The third kappa shape index (κ3) is 2.97. The molecule has 0 bridgehead atoms. The van der Waals surface area contributed by atoms with E-state index in [1.165, 1.54) is 18.8 Å². The molecule has 15 heavy (non-hydrogen) atoms. The number of nitrogens with zero attached hydrogens (tertiary/aromatic N) is 1. The van der Waals surface area contributed by atoms with Gasteiger partial charge in [0.1, 0.15) is 5.78 Å². The van der Waals surface area contributed by atoms with Crippen molar-refractivity contribution in [1.82, 2.24) is 4.90 Å². The first-order valence-corrected chi connectivity index (χ1v) is 6.95. The molecule has 1 heterocycles. The van der Waals surface area contributed by atoms with Crippen LogP contribution in [0.2, 0.25) is 0 Å². The molecule has 2 fully saturated rings. The zero-order valence-electron chi connectivity index (χ0n) is 9.79. The second-order valence-corrected chi connectivity index (χ2v) is 7.15. The van der Waals surface area contributed by atoms with Gasteiger partial charge in [0.05, 0.1) is 0 Å². The van der Waals surface area contributed by atoms with Crippen molar-refractivity contribution in [3.05, 3.63) is 0 Å². The largest absolute Gasteiger partial charge is 0.300 e. The first-order chi connectivity index (χ1) is 7.07. The summed E-state index contributed by atoms with van der Waals surface area (Å²) >= 11 is 2.08. The molecule has 2 aliphatic rings. The highest BCUT2D eigenvalue weighted by Gasteiger charge is 2.32. The van der Waals surface area contributed by atoms with Crippen LogP contribution in [0.5, 0.6) is 0 Å². The van der Waals surface area contributed by atoms with Gasteiger partial charge in [0.15, 0.2) is 0 Å². The van der Waals surface area contributed by atoms with Crippen LogP contribution in [-0.4, -0.2) is 40.3 Å². The molecule has 0 aromatic heterocycles. The molecule has 0 N–H and O–H groups in total. The summed E-state index contributed by atoms with van der Waals surface area (Å²) in [5, 5.41) is 0. The fourth-order valence-electron chi connectivity index (χ4n) is 2.65. The van der Waals surface area contributed by atoms with Crippen molar-refractivity contribution in [3.63, 3.8) is 0 Å². The Morgan fingerprint density at radius 1 is 1.33 bits per heavy atom. The summed E-state index contributed by atoms with van der Waals surface area (Å²) in [5.74, 6) is 1.72. The molecule has 0 atom stereocenters. The summed E-state index contributed by atoms with van der Waals surface area (Å²) in [6, 6.07) is 0.683. The summed E-state index contributed by atoms with van der Waals surface area (Å²) in [6.07, 6.45) is 3.82. The highest BCUT2D eigenvalue weighted by atomic mass is 32.2. The number of hydrogen-bond acceptors (Lipinski definition) is 3. The summed E-state index contributed by atoms with van der Waals surface area (Å²) < 4.78 is 0.402. The highest BCUT2D eigenvalue weighted by molar-refractivity contribution is 8.00. The number of thioether (sulfide) groups is 1. The molecule has 0 aromatic carbocycles. The molecule has 2 nitrogen and oxygen atoms in total. The van der Waals surface area contributed by atoms with Crippen molar-refractivity contribution < 1.29 is 4.79 Å². The Balaban J connectivity index is 1.90. The Bertz CT molecular complexity index is 242. The van der Waals surface area contributed by atoms with Crippen molar-refractivity contribution in [3.8, 4) is 0 Å².